The van der Waals surface area contributed by atoms with Gasteiger partial charge in [0.15, 0.2) is 0 Å². The fourth-order valence-corrected chi connectivity index (χ4v) is 5.07. The van der Waals surface area contributed by atoms with Crippen molar-refractivity contribution in [3.05, 3.63) is 58.1 Å². The van der Waals surface area contributed by atoms with Crippen LogP contribution in [0, 0.1) is 10.1 Å². The van der Waals surface area contributed by atoms with Crippen molar-refractivity contribution in [2.45, 2.75) is 30.6 Å². The molecule has 10 heteroatoms. The van der Waals surface area contributed by atoms with Crippen molar-refractivity contribution in [1.29, 1.82) is 0 Å². The fourth-order valence-electron chi connectivity index (χ4n) is 3.55. The Hall–Kier alpha value is -2.98. The van der Waals surface area contributed by atoms with Crippen LogP contribution in [0.25, 0.3) is 0 Å². The van der Waals surface area contributed by atoms with Crippen molar-refractivity contribution < 1.29 is 18.1 Å². The lowest BCUT2D eigenvalue weighted by Crippen LogP contribution is -2.31. The number of nitro groups is 1. The average molecular weight is 447 g/mol. The van der Waals surface area contributed by atoms with Crippen LogP contribution in [0.15, 0.2) is 47.4 Å². The smallest absolute Gasteiger partial charge is 0.270 e. The maximum Gasteiger partial charge on any atom is 0.270 e. The number of hydrogen-bond acceptors (Lipinski definition) is 6. The van der Waals surface area contributed by atoms with Gasteiger partial charge < -0.3 is 10.2 Å². The summed E-state index contributed by atoms with van der Waals surface area (Å²) < 4.78 is 27.3. The Morgan fingerprint density at radius 3 is 2.19 bits per heavy atom. The number of nitro benzene ring substituents is 1. The van der Waals surface area contributed by atoms with Gasteiger partial charge in [-0.25, -0.2) is 8.42 Å². The molecule has 1 amide bonds. The highest BCUT2D eigenvalue weighted by molar-refractivity contribution is 7.89. The molecule has 0 aliphatic carbocycles. The zero-order valence-corrected chi connectivity index (χ0v) is 18.4. The number of rotatable bonds is 6. The Kier molecular flexibility index (Phi) is 6.91. The third-order valence-corrected chi connectivity index (χ3v) is 7.15. The highest BCUT2D eigenvalue weighted by Crippen LogP contribution is 2.26. The van der Waals surface area contributed by atoms with Crippen molar-refractivity contribution in [3.63, 3.8) is 0 Å². The topological polar surface area (TPSA) is 113 Å². The lowest BCUT2D eigenvalue weighted by molar-refractivity contribution is -0.384. The number of carbonyl (C=O) groups is 1. The third-order valence-electron chi connectivity index (χ3n) is 5.23. The van der Waals surface area contributed by atoms with Crippen LogP contribution in [0.1, 0.15) is 36.0 Å². The van der Waals surface area contributed by atoms with E-state index in [-0.39, 0.29) is 16.1 Å². The Labute approximate surface area is 181 Å². The number of nitrogens with zero attached hydrogens (tertiary/aromatic N) is 3. The van der Waals surface area contributed by atoms with Gasteiger partial charge in [0.05, 0.1) is 15.4 Å². The summed E-state index contributed by atoms with van der Waals surface area (Å²) in [7, 11) is -0.104. The molecule has 0 spiro atoms. The van der Waals surface area contributed by atoms with E-state index in [1.54, 1.807) is 19.0 Å². The molecule has 0 saturated carbocycles. The van der Waals surface area contributed by atoms with Crippen molar-refractivity contribution in [2.75, 3.05) is 37.4 Å². The molecule has 31 heavy (non-hydrogen) atoms. The van der Waals surface area contributed by atoms with E-state index in [9.17, 15) is 23.3 Å². The third kappa shape index (κ3) is 5.20. The Morgan fingerprint density at radius 1 is 1.03 bits per heavy atom. The molecule has 0 radical (unpaired) electrons. The summed E-state index contributed by atoms with van der Waals surface area (Å²) in [5.74, 6) is -0.518. The van der Waals surface area contributed by atoms with E-state index in [4.69, 9.17) is 0 Å². The molecule has 0 atom stereocenters. The zero-order valence-electron chi connectivity index (χ0n) is 17.6. The molecule has 1 saturated heterocycles. The largest absolute Gasteiger partial charge is 0.377 e. The van der Waals surface area contributed by atoms with E-state index in [1.807, 2.05) is 0 Å². The highest BCUT2D eigenvalue weighted by atomic mass is 32.2. The molecule has 0 aromatic heterocycles. The monoisotopic (exact) mass is 446 g/mol. The molecular formula is C21H26N4O5S. The fraction of sp³-hybridized carbons (Fsp3) is 0.381. The average Bonchev–Trinajstić information content (AvgIpc) is 3.03. The quantitative estimate of drug-likeness (QED) is 0.537. The van der Waals surface area contributed by atoms with Crippen LogP contribution in [0.3, 0.4) is 0 Å². The van der Waals surface area contributed by atoms with Crippen molar-refractivity contribution >= 4 is 33.0 Å². The SMILES string of the molecule is CN(C)c1ccc([N+](=O)[O-])cc1C(=O)Nc1ccc(S(=O)(=O)N2CCCCCC2)cc1. The second-order valence-corrected chi connectivity index (χ2v) is 9.59. The van der Waals surface area contributed by atoms with Gasteiger partial charge in [-0.15, -0.1) is 0 Å². The van der Waals surface area contributed by atoms with Crippen LogP contribution in [-0.2, 0) is 10.0 Å². The van der Waals surface area contributed by atoms with E-state index in [1.165, 1.54) is 46.8 Å². The molecule has 3 rings (SSSR count). The van der Waals surface area contributed by atoms with Crippen molar-refractivity contribution in [2.24, 2.45) is 0 Å². The predicted octanol–water partition coefficient (Wildman–Crippen LogP) is 3.48. The van der Waals surface area contributed by atoms with Crippen LogP contribution in [0.2, 0.25) is 0 Å². The van der Waals surface area contributed by atoms with E-state index in [0.717, 1.165) is 25.7 Å². The number of anilines is 2. The molecule has 0 unspecified atom stereocenters. The van der Waals surface area contributed by atoms with E-state index in [2.05, 4.69) is 5.32 Å². The minimum absolute atomic E-state index is 0.153. The number of hydrogen-bond donors (Lipinski definition) is 1. The van der Waals surface area contributed by atoms with Gasteiger partial charge in [0, 0.05) is 50.7 Å². The molecule has 2 aromatic rings. The first kappa shape index (κ1) is 22.7. The molecule has 1 aliphatic rings. The second kappa shape index (κ2) is 9.44. The normalized spacial score (nSPS) is 15.2. The van der Waals surface area contributed by atoms with Gasteiger partial charge in [-0.3, -0.25) is 14.9 Å². The maximum absolute atomic E-state index is 12.9. The Bertz CT molecular complexity index is 1060. The van der Waals surface area contributed by atoms with E-state index >= 15 is 0 Å². The lowest BCUT2D eigenvalue weighted by atomic mass is 10.1. The lowest BCUT2D eigenvalue weighted by Gasteiger charge is -2.20. The van der Waals surface area contributed by atoms with Crippen LogP contribution >= 0.6 is 0 Å². The minimum Gasteiger partial charge on any atom is -0.377 e. The van der Waals surface area contributed by atoms with E-state index in [0.29, 0.717) is 24.5 Å². The number of carbonyl (C=O) groups excluding carboxylic acids is 1. The number of sulfonamides is 1. The Morgan fingerprint density at radius 2 is 1.65 bits per heavy atom. The van der Waals surface area contributed by atoms with Gasteiger partial charge in [0.25, 0.3) is 11.6 Å². The number of nitrogens with one attached hydrogen (secondary N) is 1. The maximum atomic E-state index is 12.9. The van der Waals surface area contributed by atoms with Crippen LogP contribution in [0.5, 0.6) is 0 Å². The molecule has 0 bridgehead atoms. The standard InChI is InChI=1S/C21H26N4O5S/c1-23(2)20-12-9-17(25(27)28)15-19(20)21(26)22-16-7-10-18(11-8-16)31(29,30)24-13-5-3-4-6-14-24/h7-12,15H,3-6,13-14H2,1-2H3,(H,22,26). The van der Waals surface area contributed by atoms with Gasteiger partial charge in [0.2, 0.25) is 10.0 Å². The second-order valence-electron chi connectivity index (χ2n) is 7.65. The zero-order chi connectivity index (χ0) is 22.6. The number of amides is 1. The number of benzene rings is 2. The molecule has 1 fully saturated rings. The van der Waals surface area contributed by atoms with Gasteiger partial charge >= 0.3 is 0 Å². The van der Waals surface area contributed by atoms with E-state index < -0.39 is 20.9 Å². The van der Waals surface area contributed by atoms with Crippen LogP contribution < -0.4 is 10.2 Å². The summed E-state index contributed by atoms with van der Waals surface area (Å²) in [6.07, 6.45) is 3.77. The molecule has 1 heterocycles. The predicted molar refractivity (Wildman–Crippen MR) is 119 cm³/mol. The van der Waals surface area contributed by atoms with Crippen molar-refractivity contribution in [3.8, 4) is 0 Å². The molecule has 1 aliphatic heterocycles. The molecule has 166 valence electrons. The minimum atomic E-state index is -3.58. The molecular weight excluding hydrogens is 420 g/mol. The Balaban J connectivity index is 1.80. The van der Waals surface area contributed by atoms with Gasteiger partial charge in [-0.1, -0.05) is 12.8 Å². The summed E-state index contributed by atoms with van der Waals surface area (Å²) in [6.45, 7) is 1.03. The summed E-state index contributed by atoms with van der Waals surface area (Å²) in [4.78, 5) is 25.2. The number of non-ortho nitro benzene ring substituents is 1. The van der Waals surface area contributed by atoms with Gasteiger partial charge in [-0.2, -0.15) is 4.31 Å². The summed E-state index contributed by atoms with van der Waals surface area (Å²) in [5, 5.41) is 13.8. The molecule has 2 aromatic carbocycles. The summed E-state index contributed by atoms with van der Waals surface area (Å²) in [6, 6.07) is 10.1. The molecule has 1 N–H and O–H groups in total. The van der Waals surface area contributed by atoms with Crippen LogP contribution in [0.4, 0.5) is 17.1 Å². The molecule has 9 nitrogen and oxygen atoms in total. The first-order valence-corrected chi connectivity index (χ1v) is 11.5. The summed E-state index contributed by atoms with van der Waals surface area (Å²) >= 11 is 0. The first-order valence-electron chi connectivity index (χ1n) is 10.1. The van der Waals surface area contributed by atoms with Crippen LogP contribution in [-0.4, -0.2) is 50.7 Å². The van der Waals surface area contributed by atoms with Crippen molar-refractivity contribution in [1.82, 2.24) is 4.31 Å². The van der Waals surface area contributed by atoms with Gasteiger partial charge in [-0.05, 0) is 43.2 Å². The summed E-state index contributed by atoms with van der Waals surface area (Å²) in [5.41, 5.74) is 0.898. The highest BCUT2D eigenvalue weighted by Gasteiger charge is 2.25. The van der Waals surface area contributed by atoms with Gasteiger partial charge in [0.1, 0.15) is 0 Å². The first-order chi connectivity index (χ1) is 14.7.